The molecule has 0 bridgehead atoms. The van der Waals surface area contributed by atoms with Crippen molar-refractivity contribution in [3.63, 3.8) is 0 Å². The van der Waals surface area contributed by atoms with Gasteiger partial charge in [-0.15, -0.1) is 0 Å². The van der Waals surface area contributed by atoms with E-state index in [1.165, 1.54) is 0 Å². The van der Waals surface area contributed by atoms with Crippen LogP contribution in [0.1, 0.15) is 29.6 Å². The highest BCUT2D eigenvalue weighted by Gasteiger charge is 2.25. The fourth-order valence-electron chi connectivity index (χ4n) is 1.92. The molecule has 3 N–H and O–H groups in total. The third-order valence-corrected chi connectivity index (χ3v) is 2.81. The molecule has 1 heterocycles. The second-order valence-corrected chi connectivity index (χ2v) is 3.92. The van der Waals surface area contributed by atoms with Gasteiger partial charge < -0.3 is 11.1 Å². The number of hydrogen-bond donors (Lipinski definition) is 2. The van der Waals surface area contributed by atoms with Crippen molar-refractivity contribution in [1.29, 1.82) is 0 Å². The summed E-state index contributed by atoms with van der Waals surface area (Å²) in [5, 5.41) is 2.94. The number of nitrogens with one attached hydrogen (secondary N) is 1. The van der Waals surface area contributed by atoms with Crippen molar-refractivity contribution in [2.45, 2.75) is 31.3 Å². The molecule has 1 aromatic rings. The SMILES string of the molecule is NC1CCCC1NC(=O)c1cccnc1. The highest BCUT2D eigenvalue weighted by atomic mass is 16.1. The molecule has 0 aromatic carbocycles. The lowest BCUT2D eigenvalue weighted by Crippen LogP contribution is -2.43. The minimum Gasteiger partial charge on any atom is -0.348 e. The summed E-state index contributed by atoms with van der Waals surface area (Å²) in [6.07, 6.45) is 6.29. The summed E-state index contributed by atoms with van der Waals surface area (Å²) in [5.41, 5.74) is 6.47. The molecule has 1 aliphatic rings. The number of carbonyl (C=O) groups is 1. The van der Waals surface area contributed by atoms with Gasteiger partial charge in [0, 0.05) is 24.5 Å². The molecular formula is C11H15N3O. The first-order valence-electron chi connectivity index (χ1n) is 5.24. The number of nitrogens with two attached hydrogens (primary N) is 1. The van der Waals surface area contributed by atoms with Crippen molar-refractivity contribution in [2.24, 2.45) is 5.73 Å². The average Bonchev–Trinajstić information content (AvgIpc) is 2.66. The zero-order chi connectivity index (χ0) is 10.7. The van der Waals surface area contributed by atoms with Crippen molar-refractivity contribution < 1.29 is 4.79 Å². The van der Waals surface area contributed by atoms with Crippen LogP contribution in [0.15, 0.2) is 24.5 Å². The van der Waals surface area contributed by atoms with E-state index in [2.05, 4.69) is 10.3 Å². The van der Waals surface area contributed by atoms with Crippen LogP contribution in [0.3, 0.4) is 0 Å². The molecule has 4 nitrogen and oxygen atoms in total. The number of carbonyl (C=O) groups excluding carboxylic acids is 1. The first kappa shape index (κ1) is 10.1. The fourth-order valence-corrected chi connectivity index (χ4v) is 1.92. The van der Waals surface area contributed by atoms with Crippen LogP contribution in [0.25, 0.3) is 0 Å². The molecule has 1 amide bonds. The van der Waals surface area contributed by atoms with Crippen LogP contribution in [0.2, 0.25) is 0 Å². The summed E-state index contributed by atoms with van der Waals surface area (Å²) in [7, 11) is 0. The second kappa shape index (κ2) is 4.40. The fraction of sp³-hybridized carbons (Fsp3) is 0.455. The van der Waals surface area contributed by atoms with E-state index < -0.39 is 0 Å². The smallest absolute Gasteiger partial charge is 0.253 e. The van der Waals surface area contributed by atoms with Crippen molar-refractivity contribution >= 4 is 5.91 Å². The number of aromatic nitrogens is 1. The quantitative estimate of drug-likeness (QED) is 0.746. The summed E-state index contributed by atoms with van der Waals surface area (Å²) in [6, 6.07) is 3.73. The molecule has 1 saturated carbocycles. The normalized spacial score (nSPS) is 25.1. The molecular weight excluding hydrogens is 190 g/mol. The predicted molar refractivity (Wildman–Crippen MR) is 57.3 cm³/mol. The lowest BCUT2D eigenvalue weighted by Gasteiger charge is -2.16. The van der Waals surface area contributed by atoms with Crippen LogP contribution < -0.4 is 11.1 Å². The lowest BCUT2D eigenvalue weighted by atomic mass is 10.1. The van der Waals surface area contributed by atoms with Crippen LogP contribution >= 0.6 is 0 Å². The van der Waals surface area contributed by atoms with E-state index in [1.807, 2.05) is 0 Å². The molecule has 0 spiro atoms. The Kier molecular flexibility index (Phi) is 2.97. The van der Waals surface area contributed by atoms with Crippen molar-refractivity contribution in [2.75, 3.05) is 0 Å². The van der Waals surface area contributed by atoms with Crippen LogP contribution in [0.5, 0.6) is 0 Å². The molecule has 15 heavy (non-hydrogen) atoms. The first-order valence-corrected chi connectivity index (χ1v) is 5.24. The third-order valence-electron chi connectivity index (χ3n) is 2.81. The maximum atomic E-state index is 11.7. The highest BCUT2D eigenvalue weighted by Crippen LogP contribution is 2.17. The van der Waals surface area contributed by atoms with Gasteiger partial charge in [-0.2, -0.15) is 0 Å². The van der Waals surface area contributed by atoms with Gasteiger partial charge in [0.2, 0.25) is 0 Å². The van der Waals surface area contributed by atoms with E-state index in [4.69, 9.17) is 5.73 Å². The Hall–Kier alpha value is -1.42. The zero-order valence-electron chi connectivity index (χ0n) is 8.52. The summed E-state index contributed by atoms with van der Waals surface area (Å²) in [5.74, 6) is -0.0783. The maximum Gasteiger partial charge on any atom is 0.253 e. The highest BCUT2D eigenvalue weighted by molar-refractivity contribution is 5.94. The number of nitrogens with zero attached hydrogens (tertiary/aromatic N) is 1. The second-order valence-electron chi connectivity index (χ2n) is 3.92. The van der Waals surface area contributed by atoms with Gasteiger partial charge in [-0.25, -0.2) is 0 Å². The largest absolute Gasteiger partial charge is 0.348 e. The maximum absolute atomic E-state index is 11.7. The van der Waals surface area contributed by atoms with Crippen LogP contribution in [0.4, 0.5) is 0 Å². The molecule has 0 saturated heterocycles. The molecule has 0 aliphatic heterocycles. The standard InChI is InChI=1S/C11H15N3O/c12-9-4-1-5-10(9)14-11(15)8-3-2-6-13-7-8/h2-3,6-7,9-10H,1,4-5,12H2,(H,14,15). The molecule has 0 radical (unpaired) electrons. The van der Waals surface area contributed by atoms with Gasteiger partial charge in [-0.05, 0) is 31.4 Å². The van der Waals surface area contributed by atoms with Crippen molar-refractivity contribution in [1.82, 2.24) is 10.3 Å². The Morgan fingerprint density at radius 1 is 1.53 bits per heavy atom. The molecule has 2 unspecified atom stereocenters. The monoisotopic (exact) mass is 205 g/mol. The lowest BCUT2D eigenvalue weighted by molar-refractivity contribution is 0.0934. The molecule has 1 fully saturated rings. The van der Waals surface area contributed by atoms with Gasteiger partial charge in [0.15, 0.2) is 0 Å². The Balaban J connectivity index is 1.98. The third kappa shape index (κ3) is 2.33. The van der Waals surface area contributed by atoms with E-state index in [9.17, 15) is 4.79 Å². The van der Waals surface area contributed by atoms with Gasteiger partial charge in [-0.3, -0.25) is 9.78 Å². The average molecular weight is 205 g/mol. The number of pyridine rings is 1. The van der Waals surface area contributed by atoms with Gasteiger partial charge >= 0.3 is 0 Å². The van der Waals surface area contributed by atoms with Crippen LogP contribution in [0, 0.1) is 0 Å². The summed E-state index contributed by atoms with van der Waals surface area (Å²) < 4.78 is 0. The molecule has 80 valence electrons. The van der Waals surface area contributed by atoms with E-state index in [0.717, 1.165) is 19.3 Å². The summed E-state index contributed by atoms with van der Waals surface area (Å²) in [6.45, 7) is 0. The first-order chi connectivity index (χ1) is 7.27. The van der Waals surface area contributed by atoms with Crippen LogP contribution in [-0.2, 0) is 0 Å². The topological polar surface area (TPSA) is 68.0 Å². The molecule has 1 aliphatic carbocycles. The van der Waals surface area contributed by atoms with Gasteiger partial charge in [0.1, 0.15) is 0 Å². The molecule has 1 aromatic heterocycles. The van der Waals surface area contributed by atoms with E-state index in [-0.39, 0.29) is 18.0 Å². The Bertz CT molecular complexity index is 339. The Labute approximate surface area is 88.9 Å². The van der Waals surface area contributed by atoms with Crippen LogP contribution in [-0.4, -0.2) is 23.0 Å². The Morgan fingerprint density at radius 2 is 2.40 bits per heavy atom. The number of amides is 1. The summed E-state index contributed by atoms with van der Waals surface area (Å²) >= 11 is 0. The van der Waals surface area contributed by atoms with Crippen molar-refractivity contribution in [3.05, 3.63) is 30.1 Å². The minimum atomic E-state index is -0.0783. The van der Waals surface area contributed by atoms with E-state index in [1.54, 1.807) is 24.5 Å². The predicted octanol–water partition coefficient (Wildman–Crippen LogP) is 0.691. The van der Waals surface area contributed by atoms with E-state index >= 15 is 0 Å². The minimum absolute atomic E-state index is 0.0783. The van der Waals surface area contributed by atoms with Gasteiger partial charge in [0.25, 0.3) is 5.91 Å². The molecule has 4 heteroatoms. The number of hydrogen-bond acceptors (Lipinski definition) is 3. The molecule has 2 rings (SSSR count). The van der Waals surface area contributed by atoms with Crippen molar-refractivity contribution in [3.8, 4) is 0 Å². The van der Waals surface area contributed by atoms with Gasteiger partial charge in [0.05, 0.1) is 5.56 Å². The van der Waals surface area contributed by atoms with E-state index in [0.29, 0.717) is 5.56 Å². The molecule has 2 atom stereocenters. The summed E-state index contributed by atoms with van der Waals surface area (Å²) in [4.78, 5) is 15.6. The van der Waals surface area contributed by atoms with Gasteiger partial charge in [-0.1, -0.05) is 0 Å². The Morgan fingerprint density at radius 3 is 3.00 bits per heavy atom. The number of rotatable bonds is 2. The zero-order valence-corrected chi connectivity index (χ0v) is 8.52.